The van der Waals surface area contributed by atoms with Crippen LogP contribution in [0.4, 0.5) is 0 Å². The van der Waals surface area contributed by atoms with Gasteiger partial charge in [0.25, 0.3) is 0 Å². The number of carbonyl (C=O) groups excluding carboxylic acids is 2. The van der Waals surface area contributed by atoms with Gasteiger partial charge >= 0.3 is 5.97 Å². The topological polar surface area (TPSA) is 200 Å². The van der Waals surface area contributed by atoms with Gasteiger partial charge in [0.2, 0.25) is 6.29 Å². The van der Waals surface area contributed by atoms with Crippen molar-refractivity contribution in [1.29, 1.82) is 0 Å². The van der Waals surface area contributed by atoms with Crippen LogP contribution >= 0.6 is 0 Å². The van der Waals surface area contributed by atoms with Crippen LogP contribution in [0.3, 0.4) is 0 Å². The molecule has 0 spiro atoms. The minimum Gasteiger partial charge on any atom is -0.508 e. The molecule has 0 aliphatic carbocycles. The van der Waals surface area contributed by atoms with Crippen molar-refractivity contribution in [3.05, 3.63) is 53.1 Å². The number of Topliss-reactive ketones (excluding diaryl/α,β-unsaturated/α-hetero) is 2. The van der Waals surface area contributed by atoms with Crippen molar-refractivity contribution in [2.24, 2.45) is 0 Å². The Hall–Kier alpha value is -3.55. The van der Waals surface area contributed by atoms with E-state index in [0.717, 1.165) is 5.56 Å². The monoisotopic (exact) mass is 548 g/mol. The average molecular weight is 549 g/mol. The maximum absolute atomic E-state index is 12.4. The van der Waals surface area contributed by atoms with Crippen molar-refractivity contribution in [2.45, 2.75) is 69.4 Å². The highest BCUT2D eigenvalue weighted by Crippen LogP contribution is 2.32. The number of aliphatic carboxylic acids is 1. The van der Waals surface area contributed by atoms with E-state index in [1.165, 1.54) is 19.2 Å². The van der Waals surface area contributed by atoms with E-state index in [0.29, 0.717) is 24.0 Å². The predicted molar refractivity (Wildman–Crippen MR) is 133 cm³/mol. The van der Waals surface area contributed by atoms with Gasteiger partial charge in [0.15, 0.2) is 17.6 Å². The van der Waals surface area contributed by atoms with E-state index in [-0.39, 0.29) is 54.7 Å². The molecule has 0 radical (unpaired) electrons. The molecule has 1 fully saturated rings. The number of carboxylic acid groups (broad SMARTS) is 1. The quantitative estimate of drug-likeness (QED) is 0.187. The number of hydrogen-bond acceptors (Lipinski definition) is 11. The smallest absolute Gasteiger partial charge is 0.335 e. The van der Waals surface area contributed by atoms with Gasteiger partial charge in [0.1, 0.15) is 35.6 Å². The molecule has 0 aromatic heterocycles. The summed E-state index contributed by atoms with van der Waals surface area (Å²) in [6.45, 7) is -0.321. The van der Waals surface area contributed by atoms with Gasteiger partial charge in [-0.3, -0.25) is 9.59 Å². The van der Waals surface area contributed by atoms with Crippen molar-refractivity contribution < 1.29 is 59.2 Å². The van der Waals surface area contributed by atoms with E-state index in [9.17, 15) is 45.0 Å². The summed E-state index contributed by atoms with van der Waals surface area (Å²) in [7, 11) is 1.35. The molecule has 12 heteroatoms. The van der Waals surface area contributed by atoms with Crippen LogP contribution in [-0.2, 0) is 38.6 Å². The van der Waals surface area contributed by atoms with Crippen molar-refractivity contribution in [3.8, 4) is 17.2 Å². The fourth-order valence-corrected chi connectivity index (χ4v) is 4.12. The number of ketones is 2. The van der Waals surface area contributed by atoms with Gasteiger partial charge in [-0.15, -0.1) is 0 Å². The van der Waals surface area contributed by atoms with E-state index in [2.05, 4.69) is 0 Å². The second-order valence-electron chi connectivity index (χ2n) is 9.21. The number of rotatable bonds is 13. The van der Waals surface area contributed by atoms with E-state index in [1.54, 1.807) is 24.3 Å². The molecule has 39 heavy (non-hydrogen) atoms. The average Bonchev–Trinajstić information content (AvgIpc) is 2.91. The SMILES string of the molecule is COc1cc(CCC(=O)CC(=O)CCc2ccc(O)c(CO)c2)ccc1OC1OC(C(=O)O)C(O)C(O)C1O. The number of benzene rings is 2. The van der Waals surface area contributed by atoms with Crippen LogP contribution < -0.4 is 9.47 Å². The first-order valence-electron chi connectivity index (χ1n) is 12.2. The van der Waals surface area contributed by atoms with Crippen LogP contribution in [0, 0.1) is 0 Å². The van der Waals surface area contributed by atoms with Crippen LogP contribution in [-0.4, -0.2) is 86.0 Å². The summed E-state index contributed by atoms with van der Waals surface area (Å²) < 4.78 is 15.9. The third-order valence-electron chi connectivity index (χ3n) is 6.38. The van der Waals surface area contributed by atoms with E-state index < -0.39 is 36.7 Å². The molecule has 2 aromatic rings. The Morgan fingerprint density at radius 1 is 0.872 bits per heavy atom. The molecule has 3 rings (SSSR count). The van der Waals surface area contributed by atoms with Crippen LogP contribution in [0.2, 0.25) is 0 Å². The molecule has 212 valence electrons. The van der Waals surface area contributed by atoms with Gasteiger partial charge in [-0.05, 0) is 48.2 Å². The fourth-order valence-electron chi connectivity index (χ4n) is 4.12. The first-order valence-corrected chi connectivity index (χ1v) is 12.2. The highest BCUT2D eigenvalue weighted by atomic mass is 16.7. The maximum Gasteiger partial charge on any atom is 0.335 e. The maximum atomic E-state index is 12.4. The fraction of sp³-hybridized carbons (Fsp3) is 0.444. The number of phenols is 1. The van der Waals surface area contributed by atoms with Crippen LogP contribution in [0.25, 0.3) is 0 Å². The summed E-state index contributed by atoms with van der Waals surface area (Å²) in [4.78, 5) is 35.9. The molecule has 5 unspecified atom stereocenters. The zero-order valence-electron chi connectivity index (χ0n) is 21.2. The van der Waals surface area contributed by atoms with E-state index in [4.69, 9.17) is 14.2 Å². The summed E-state index contributed by atoms with van der Waals surface area (Å²) in [5, 5.41) is 58.0. The summed E-state index contributed by atoms with van der Waals surface area (Å²) >= 11 is 0. The number of carboxylic acids is 1. The number of ether oxygens (including phenoxy) is 3. The molecule has 0 bridgehead atoms. The molecule has 2 aromatic carbocycles. The zero-order valence-corrected chi connectivity index (χ0v) is 21.2. The van der Waals surface area contributed by atoms with Crippen molar-refractivity contribution >= 4 is 17.5 Å². The third kappa shape index (κ3) is 7.74. The number of carbonyl (C=O) groups is 3. The molecule has 1 saturated heterocycles. The number of aromatic hydroxyl groups is 1. The normalized spacial score (nSPS) is 22.7. The molecule has 0 saturated carbocycles. The highest BCUT2D eigenvalue weighted by Gasteiger charge is 2.48. The Morgan fingerprint density at radius 3 is 2.08 bits per heavy atom. The van der Waals surface area contributed by atoms with Crippen molar-refractivity contribution in [2.75, 3.05) is 7.11 Å². The minimum atomic E-state index is -1.85. The molecule has 1 heterocycles. The Kier molecular flexibility index (Phi) is 10.4. The number of methoxy groups -OCH3 is 1. The molecular weight excluding hydrogens is 516 g/mol. The first-order chi connectivity index (χ1) is 18.5. The lowest BCUT2D eigenvalue weighted by atomic mass is 9.99. The summed E-state index contributed by atoms with van der Waals surface area (Å²) in [5.41, 5.74) is 1.82. The molecule has 12 nitrogen and oxygen atoms in total. The Balaban J connectivity index is 1.53. The van der Waals surface area contributed by atoms with Gasteiger partial charge in [-0.25, -0.2) is 4.79 Å². The molecular formula is C27H32O12. The third-order valence-corrected chi connectivity index (χ3v) is 6.38. The molecule has 6 N–H and O–H groups in total. The largest absolute Gasteiger partial charge is 0.508 e. The number of aliphatic hydroxyl groups is 4. The van der Waals surface area contributed by atoms with Gasteiger partial charge in [0, 0.05) is 18.4 Å². The number of aliphatic hydroxyl groups excluding tert-OH is 4. The molecule has 1 aliphatic heterocycles. The van der Waals surface area contributed by atoms with Crippen LogP contribution in [0.5, 0.6) is 17.2 Å². The molecule has 5 atom stereocenters. The number of aryl methyl sites for hydroxylation is 2. The lowest BCUT2D eigenvalue weighted by Gasteiger charge is -2.38. The van der Waals surface area contributed by atoms with E-state index in [1.807, 2.05) is 0 Å². The minimum absolute atomic E-state index is 0.0237. The second kappa shape index (κ2) is 13.5. The zero-order chi connectivity index (χ0) is 28.7. The summed E-state index contributed by atoms with van der Waals surface area (Å²) in [6.07, 6.45) is -8.13. The second-order valence-corrected chi connectivity index (χ2v) is 9.21. The lowest BCUT2D eigenvalue weighted by molar-refractivity contribution is -0.271. The van der Waals surface area contributed by atoms with Gasteiger partial charge in [-0.1, -0.05) is 12.1 Å². The Morgan fingerprint density at radius 2 is 1.49 bits per heavy atom. The van der Waals surface area contributed by atoms with Gasteiger partial charge < -0.3 is 44.8 Å². The molecule has 0 amide bonds. The highest BCUT2D eigenvalue weighted by molar-refractivity contribution is 5.99. The Labute approximate surface area is 224 Å². The lowest BCUT2D eigenvalue weighted by Crippen LogP contribution is -2.61. The van der Waals surface area contributed by atoms with Gasteiger partial charge in [0.05, 0.1) is 20.1 Å². The summed E-state index contributed by atoms with van der Waals surface area (Å²) in [6, 6.07) is 9.37. The van der Waals surface area contributed by atoms with Crippen LogP contribution in [0.1, 0.15) is 36.0 Å². The summed E-state index contributed by atoms with van der Waals surface area (Å²) in [5.74, 6) is -1.77. The first kappa shape index (κ1) is 30.0. The molecule has 1 aliphatic rings. The Bertz CT molecular complexity index is 1180. The van der Waals surface area contributed by atoms with Crippen molar-refractivity contribution in [1.82, 2.24) is 0 Å². The standard InChI is InChI=1S/C27H32O12/c1-37-21-11-15(5-9-20(21)38-27-24(34)22(32)23(33)25(39-27)26(35)36)3-7-18(30)12-17(29)6-2-14-4-8-19(31)16(10-14)13-28/h4-5,8-11,22-25,27-28,31-34H,2-3,6-7,12-13H2,1H3,(H,35,36). The van der Waals surface area contributed by atoms with Crippen molar-refractivity contribution in [3.63, 3.8) is 0 Å². The predicted octanol–water partition coefficient (Wildman–Crippen LogP) is 0.258. The van der Waals surface area contributed by atoms with E-state index >= 15 is 0 Å². The van der Waals surface area contributed by atoms with Crippen LogP contribution in [0.15, 0.2) is 36.4 Å². The number of hydrogen-bond donors (Lipinski definition) is 6. The van der Waals surface area contributed by atoms with Gasteiger partial charge in [-0.2, -0.15) is 0 Å².